The highest BCUT2D eigenvalue weighted by Crippen LogP contribution is 2.26. The van der Waals surface area contributed by atoms with Gasteiger partial charge < -0.3 is 9.47 Å². The Kier molecular flexibility index (Phi) is 4.16. The van der Waals surface area contributed by atoms with Crippen LogP contribution in [0.2, 0.25) is 0 Å². The Balaban J connectivity index is 2.89. The lowest BCUT2D eigenvalue weighted by Gasteiger charge is -2.21. The van der Waals surface area contributed by atoms with Crippen LogP contribution in [-0.4, -0.2) is 20.2 Å². The molecule has 3 heteroatoms. The second-order valence-corrected chi connectivity index (χ2v) is 4.86. The highest BCUT2D eigenvalue weighted by molar-refractivity contribution is 5.76. The molecule has 0 saturated carbocycles. The van der Waals surface area contributed by atoms with Gasteiger partial charge >= 0.3 is 5.97 Å². The van der Waals surface area contributed by atoms with Crippen LogP contribution in [0.15, 0.2) is 18.2 Å². The van der Waals surface area contributed by atoms with E-state index < -0.39 is 5.41 Å². The summed E-state index contributed by atoms with van der Waals surface area (Å²) in [6, 6.07) is 5.96. The van der Waals surface area contributed by atoms with Crippen LogP contribution < -0.4 is 4.74 Å². The zero-order chi connectivity index (χ0) is 13.1. The molecule has 1 aromatic rings. The molecule has 3 nitrogen and oxygen atoms in total. The molecule has 0 atom stereocenters. The van der Waals surface area contributed by atoms with Crippen molar-refractivity contribution in [2.24, 2.45) is 5.41 Å². The zero-order valence-electron chi connectivity index (χ0n) is 11.2. The van der Waals surface area contributed by atoms with E-state index in [1.165, 1.54) is 7.11 Å². The third-order valence-corrected chi connectivity index (χ3v) is 2.84. The predicted molar refractivity (Wildman–Crippen MR) is 67.2 cm³/mol. The van der Waals surface area contributed by atoms with E-state index in [1.807, 2.05) is 39.0 Å². The van der Waals surface area contributed by atoms with Gasteiger partial charge in [-0.3, -0.25) is 4.79 Å². The Hall–Kier alpha value is -1.51. The number of hydrogen-bond acceptors (Lipinski definition) is 3. The Morgan fingerprint density at radius 1 is 1.29 bits per heavy atom. The predicted octanol–water partition coefficient (Wildman–Crippen LogP) is 2.75. The molecule has 0 fully saturated rings. The van der Waals surface area contributed by atoms with Gasteiger partial charge in [-0.2, -0.15) is 0 Å². The maximum absolute atomic E-state index is 11.6. The minimum absolute atomic E-state index is 0.189. The van der Waals surface area contributed by atoms with Crippen molar-refractivity contribution in [2.45, 2.75) is 27.2 Å². The van der Waals surface area contributed by atoms with Crippen LogP contribution >= 0.6 is 0 Å². The summed E-state index contributed by atoms with van der Waals surface area (Å²) in [5.74, 6) is 0.676. The largest absolute Gasteiger partial charge is 0.496 e. The van der Waals surface area contributed by atoms with Gasteiger partial charge in [0.2, 0.25) is 0 Å². The van der Waals surface area contributed by atoms with Gasteiger partial charge in [0, 0.05) is 0 Å². The van der Waals surface area contributed by atoms with Crippen molar-refractivity contribution in [1.29, 1.82) is 0 Å². The van der Waals surface area contributed by atoms with Gasteiger partial charge in [-0.15, -0.1) is 0 Å². The van der Waals surface area contributed by atoms with E-state index in [-0.39, 0.29) is 5.97 Å². The van der Waals surface area contributed by atoms with Gasteiger partial charge in [-0.05, 0) is 44.4 Å². The lowest BCUT2D eigenvalue weighted by molar-refractivity contribution is -0.150. The summed E-state index contributed by atoms with van der Waals surface area (Å²) < 4.78 is 10.0. The van der Waals surface area contributed by atoms with Crippen molar-refractivity contribution in [1.82, 2.24) is 0 Å². The zero-order valence-corrected chi connectivity index (χ0v) is 11.2. The average molecular weight is 236 g/mol. The highest BCUT2D eigenvalue weighted by Gasteiger charge is 2.28. The minimum Gasteiger partial charge on any atom is -0.496 e. The molecule has 0 aliphatic rings. The third-order valence-electron chi connectivity index (χ3n) is 2.84. The maximum atomic E-state index is 11.6. The Labute approximate surface area is 103 Å². The molecule has 0 N–H and O–H groups in total. The first-order valence-electron chi connectivity index (χ1n) is 5.62. The summed E-state index contributed by atoms with van der Waals surface area (Å²) in [6.07, 6.45) is 0.657. The normalized spacial score (nSPS) is 11.1. The van der Waals surface area contributed by atoms with Crippen LogP contribution in [0.5, 0.6) is 5.75 Å². The molecule has 0 spiro atoms. The maximum Gasteiger partial charge on any atom is 0.311 e. The van der Waals surface area contributed by atoms with Crippen LogP contribution in [0.1, 0.15) is 25.0 Å². The molecule has 17 heavy (non-hydrogen) atoms. The molecular formula is C14H20O3. The Bertz CT molecular complexity index is 408. The molecule has 1 aromatic carbocycles. The first-order valence-corrected chi connectivity index (χ1v) is 5.62. The summed E-state index contributed by atoms with van der Waals surface area (Å²) in [5, 5.41) is 0. The van der Waals surface area contributed by atoms with Crippen molar-refractivity contribution in [3.63, 3.8) is 0 Å². The quantitative estimate of drug-likeness (QED) is 0.754. The van der Waals surface area contributed by atoms with Crippen LogP contribution in [0.4, 0.5) is 0 Å². The van der Waals surface area contributed by atoms with Crippen LogP contribution in [0, 0.1) is 12.3 Å². The molecule has 0 aromatic heterocycles. The van der Waals surface area contributed by atoms with Crippen LogP contribution in [0.25, 0.3) is 0 Å². The fraction of sp³-hybridized carbons (Fsp3) is 0.500. The first kappa shape index (κ1) is 13.6. The molecule has 0 saturated heterocycles. The Morgan fingerprint density at radius 3 is 2.41 bits per heavy atom. The molecule has 1 rings (SSSR count). The van der Waals surface area contributed by atoms with Gasteiger partial charge in [0.05, 0.1) is 19.6 Å². The van der Waals surface area contributed by atoms with E-state index in [1.54, 1.807) is 7.11 Å². The summed E-state index contributed by atoms with van der Waals surface area (Å²) in [4.78, 5) is 11.6. The number of ether oxygens (including phenoxy) is 2. The number of rotatable bonds is 4. The molecule has 0 unspecified atom stereocenters. The number of methoxy groups -OCH3 is 2. The fourth-order valence-electron chi connectivity index (χ4n) is 1.91. The number of carbonyl (C=O) groups excluding carboxylic acids is 1. The van der Waals surface area contributed by atoms with E-state index in [4.69, 9.17) is 9.47 Å². The number of benzene rings is 1. The molecule has 0 aliphatic heterocycles. The van der Waals surface area contributed by atoms with E-state index in [2.05, 4.69) is 0 Å². The SMILES string of the molecule is COC(=O)C(C)(C)Cc1ccc(OC)c(C)c1. The van der Waals surface area contributed by atoms with E-state index in [0.29, 0.717) is 6.42 Å². The topological polar surface area (TPSA) is 35.5 Å². The summed E-state index contributed by atoms with van der Waals surface area (Å²) in [6.45, 7) is 5.77. The summed E-state index contributed by atoms with van der Waals surface area (Å²) in [7, 11) is 3.07. The van der Waals surface area contributed by atoms with E-state index >= 15 is 0 Å². The smallest absolute Gasteiger partial charge is 0.311 e. The number of aryl methyl sites for hydroxylation is 1. The third kappa shape index (κ3) is 3.22. The van der Waals surface area contributed by atoms with Gasteiger partial charge in [0.1, 0.15) is 5.75 Å². The van der Waals surface area contributed by atoms with Crippen LogP contribution in [0.3, 0.4) is 0 Å². The van der Waals surface area contributed by atoms with E-state index in [0.717, 1.165) is 16.9 Å². The number of carbonyl (C=O) groups is 1. The van der Waals surface area contributed by atoms with Gasteiger partial charge in [-0.25, -0.2) is 0 Å². The average Bonchev–Trinajstić information content (AvgIpc) is 2.27. The molecular weight excluding hydrogens is 216 g/mol. The monoisotopic (exact) mass is 236 g/mol. The minimum atomic E-state index is -0.504. The number of esters is 1. The molecule has 0 bridgehead atoms. The summed E-state index contributed by atoms with van der Waals surface area (Å²) in [5.41, 5.74) is 1.68. The molecule has 94 valence electrons. The van der Waals surface area contributed by atoms with Crippen molar-refractivity contribution in [3.05, 3.63) is 29.3 Å². The van der Waals surface area contributed by atoms with Gasteiger partial charge in [0.25, 0.3) is 0 Å². The van der Waals surface area contributed by atoms with Crippen molar-refractivity contribution < 1.29 is 14.3 Å². The number of hydrogen-bond donors (Lipinski definition) is 0. The fourth-order valence-corrected chi connectivity index (χ4v) is 1.91. The molecule has 0 amide bonds. The van der Waals surface area contributed by atoms with Gasteiger partial charge in [0.15, 0.2) is 0 Å². The molecule has 0 heterocycles. The lowest BCUT2D eigenvalue weighted by atomic mass is 9.85. The van der Waals surface area contributed by atoms with Gasteiger partial charge in [-0.1, -0.05) is 12.1 Å². The molecule has 0 radical (unpaired) electrons. The lowest BCUT2D eigenvalue weighted by Crippen LogP contribution is -2.28. The van der Waals surface area contributed by atoms with E-state index in [9.17, 15) is 4.79 Å². The second kappa shape index (κ2) is 5.21. The Morgan fingerprint density at radius 2 is 1.94 bits per heavy atom. The van der Waals surface area contributed by atoms with Crippen molar-refractivity contribution >= 4 is 5.97 Å². The van der Waals surface area contributed by atoms with Crippen LogP contribution in [-0.2, 0) is 16.0 Å². The highest BCUT2D eigenvalue weighted by atomic mass is 16.5. The first-order chi connectivity index (χ1) is 7.90. The van der Waals surface area contributed by atoms with Crippen molar-refractivity contribution in [3.8, 4) is 5.75 Å². The molecule has 0 aliphatic carbocycles. The second-order valence-electron chi connectivity index (χ2n) is 4.86. The summed E-state index contributed by atoms with van der Waals surface area (Å²) >= 11 is 0. The standard InChI is InChI=1S/C14H20O3/c1-10-8-11(6-7-12(10)16-4)9-14(2,3)13(15)17-5/h6-8H,9H2,1-5H3. The van der Waals surface area contributed by atoms with Crippen molar-refractivity contribution in [2.75, 3.05) is 14.2 Å².